The van der Waals surface area contributed by atoms with Gasteiger partial charge in [-0.1, -0.05) is 20.3 Å². The second kappa shape index (κ2) is 9.42. The van der Waals surface area contributed by atoms with Crippen molar-refractivity contribution in [2.75, 3.05) is 19.7 Å². The molecule has 0 aromatic heterocycles. The smallest absolute Gasteiger partial charge is 0.334 e. The van der Waals surface area contributed by atoms with Crippen LogP contribution in [0.3, 0.4) is 0 Å². The average molecular weight is 245 g/mol. The highest BCUT2D eigenvalue weighted by molar-refractivity contribution is 5.72. The van der Waals surface area contributed by atoms with Gasteiger partial charge < -0.3 is 9.84 Å². The summed E-state index contributed by atoms with van der Waals surface area (Å²) in [6, 6.07) is 0.406. The molecule has 0 aliphatic carbocycles. The molecule has 0 bridgehead atoms. The summed E-state index contributed by atoms with van der Waals surface area (Å²) in [6.07, 6.45) is 2.55. The largest absolute Gasteiger partial charge is 0.479 e. The van der Waals surface area contributed by atoms with Crippen molar-refractivity contribution in [2.24, 2.45) is 0 Å². The predicted octanol–water partition coefficient (Wildman–Crippen LogP) is 2.38. The zero-order chi connectivity index (χ0) is 13.3. The Kier molecular flexibility index (Phi) is 9.09. The van der Waals surface area contributed by atoms with Crippen LogP contribution >= 0.6 is 0 Å². The average Bonchev–Trinajstić information content (AvgIpc) is 2.31. The summed E-state index contributed by atoms with van der Waals surface area (Å²) in [7, 11) is 0. The molecule has 2 atom stereocenters. The molecule has 0 aliphatic heterocycles. The molecule has 0 radical (unpaired) electrons. The minimum atomic E-state index is -0.864. The lowest BCUT2D eigenvalue weighted by atomic mass is 10.1. The molecule has 0 saturated heterocycles. The van der Waals surface area contributed by atoms with E-state index in [1.165, 1.54) is 0 Å². The number of rotatable bonds is 10. The highest BCUT2D eigenvalue weighted by Crippen LogP contribution is 2.08. The number of ether oxygens (including phenoxy) is 1. The van der Waals surface area contributed by atoms with Gasteiger partial charge in [0.15, 0.2) is 6.10 Å². The second-order valence-electron chi connectivity index (χ2n) is 4.39. The third-order valence-corrected chi connectivity index (χ3v) is 3.06. The molecule has 0 amide bonds. The third kappa shape index (κ3) is 6.64. The lowest BCUT2D eigenvalue weighted by Gasteiger charge is -2.30. The fourth-order valence-corrected chi connectivity index (χ4v) is 1.73. The van der Waals surface area contributed by atoms with E-state index >= 15 is 0 Å². The van der Waals surface area contributed by atoms with Gasteiger partial charge in [-0.05, 0) is 33.2 Å². The highest BCUT2D eigenvalue weighted by Gasteiger charge is 2.23. The van der Waals surface area contributed by atoms with Crippen LogP contribution in [-0.2, 0) is 9.53 Å². The van der Waals surface area contributed by atoms with Crippen LogP contribution in [0, 0.1) is 0 Å². The van der Waals surface area contributed by atoms with E-state index < -0.39 is 12.1 Å². The third-order valence-electron chi connectivity index (χ3n) is 3.06. The molecule has 4 nitrogen and oxygen atoms in total. The Morgan fingerprint density at radius 3 is 2.41 bits per heavy atom. The Labute approximate surface area is 105 Å². The van der Waals surface area contributed by atoms with Gasteiger partial charge in [-0.15, -0.1) is 0 Å². The first-order valence-corrected chi connectivity index (χ1v) is 6.65. The Bertz CT molecular complexity index is 209. The van der Waals surface area contributed by atoms with Crippen molar-refractivity contribution in [1.29, 1.82) is 0 Å². The molecule has 4 heteroatoms. The van der Waals surface area contributed by atoms with Crippen LogP contribution in [0.1, 0.15) is 47.0 Å². The molecule has 0 aromatic carbocycles. The van der Waals surface area contributed by atoms with Crippen molar-refractivity contribution in [2.45, 2.75) is 59.1 Å². The first-order chi connectivity index (χ1) is 8.06. The first-order valence-electron chi connectivity index (χ1n) is 6.65. The first kappa shape index (κ1) is 16.4. The van der Waals surface area contributed by atoms with E-state index in [1.54, 1.807) is 0 Å². The number of carbonyl (C=O) groups is 1. The van der Waals surface area contributed by atoms with Gasteiger partial charge in [0.05, 0.1) is 0 Å². The molecule has 102 valence electrons. The molecule has 0 spiro atoms. The number of carboxylic acid groups (broad SMARTS) is 1. The summed E-state index contributed by atoms with van der Waals surface area (Å²) in [4.78, 5) is 13.3. The van der Waals surface area contributed by atoms with Gasteiger partial charge in [0.1, 0.15) is 0 Å². The minimum Gasteiger partial charge on any atom is -0.479 e. The summed E-state index contributed by atoms with van der Waals surface area (Å²) >= 11 is 0. The molecule has 2 unspecified atom stereocenters. The molecular weight excluding hydrogens is 218 g/mol. The minimum absolute atomic E-state index is 0.406. The van der Waals surface area contributed by atoms with E-state index in [0.29, 0.717) is 19.2 Å². The van der Waals surface area contributed by atoms with Crippen molar-refractivity contribution in [1.82, 2.24) is 4.90 Å². The van der Waals surface area contributed by atoms with E-state index in [-0.39, 0.29) is 0 Å². The molecule has 0 saturated carbocycles. The summed E-state index contributed by atoms with van der Waals surface area (Å²) in [6.45, 7) is 10.1. The van der Waals surface area contributed by atoms with Gasteiger partial charge in [0.25, 0.3) is 0 Å². The Balaban J connectivity index is 4.40. The van der Waals surface area contributed by atoms with Gasteiger partial charge in [0, 0.05) is 19.2 Å². The maximum atomic E-state index is 11.1. The van der Waals surface area contributed by atoms with Crippen LogP contribution < -0.4 is 0 Å². The van der Waals surface area contributed by atoms with Crippen LogP contribution in [-0.4, -0.2) is 47.8 Å². The van der Waals surface area contributed by atoms with Gasteiger partial charge in [-0.25, -0.2) is 4.79 Å². The predicted molar refractivity (Wildman–Crippen MR) is 69.3 cm³/mol. The molecule has 17 heavy (non-hydrogen) atoms. The standard InChI is InChI=1S/C13H27NO3/c1-5-8-9-14(11(4)6-2)10-12(13(15)16)17-7-3/h11-12H,5-10H2,1-4H3,(H,15,16). The van der Waals surface area contributed by atoms with Crippen LogP contribution in [0.5, 0.6) is 0 Å². The fraction of sp³-hybridized carbons (Fsp3) is 0.923. The number of unbranched alkanes of at least 4 members (excludes halogenated alkanes) is 1. The highest BCUT2D eigenvalue weighted by atomic mass is 16.5. The Hall–Kier alpha value is -0.610. The maximum absolute atomic E-state index is 11.1. The molecule has 0 fully saturated rings. The van der Waals surface area contributed by atoms with Crippen molar-refractivity contribution in [3.05, 3.63) is 0 Å². The Morgan fingerprint density at radius 1 is 1.35 bits per heavy atom. The van der Waals surface area contributed by atoms with E-state index in [4.69, 9.17) is 9.84 Å². The summed E-state index contributed by atoms with van der Waals surface area (Å²) < 4.78 is 5.27. The zero-order valence-electron chi connectivity index (χ0n) is 11.6. The number of carboxylic acids is 1. The molecule has 0 rings (SSSR count). The van der Waals surface area contributed by atoms with Gasteiger partial charge in [-0.2, -0.15) is 0 Å². The van der Waals surface area contributed by atoms with Crippen molar-refractivity contribution >= 4 is 5.97 Å². The van der Waals surface area contributed by atoms with Gasteiger partial charge >= 0.3 is 5.97 Å². The number of aliphatic carboxylic acids is 1. The van der Waals surface area contributed by atoms with Crippen LogP contribution in [0.4, 0.5) is 0 Å². The normalized spacial score (nSPS) is 14.9. The lowest BCUT2D eigenvalue weighted by molar-refractivity contribution is -0.151. The van der Waals surface area contributed by atoms with E-state index in [0.717, 1.165) is 25.8 Å². The number of hydrogen-bond acceptors (Lipinski definition) is 3. The fourth-order valence-electron chi connectivity index (χ4n) is 1.73. The molecule has 1 N–H and O–H groups in total. The van der Waals surface area contributed by atoms with Crippen molar-refractivity contribution in [3.8, 4) is 0 Å². The zero-order valence-corrected chi connectivity index (χ0v) is 11.6. The summed E-state index contributed by atoms with van der Waals surface area (Å²) in [5, 5.41) is 9.08. The summed E-state index contributed by atoms with van der Waals surface area (Å²) in [5.41, 5.74) is 0. The van der Waals surface area contributed by atoms with Crippen LogP contribution in [0.25, 0.3) is 0 Å². The topological polar surface area (TPSA) is 49.8 Å². The van der Waals surface area contributed by atoms with Crippen LogP contribution in [0.2, 0.25) is 0 Å². The number of hydrogen-bond donors (Lipinski definition) is 1. The van der Waals surface area contributed by atoms with Crippen molar-refractivity contribution in [3.63, 3.8) is 0 Å². The Morgan fingerprint density at radius 2 is 2.00 bits per heavy atom. The quantitative estimate of drug-likeness (QED) is 0.642. The molecule has 0 aliphatic rings. The van der Waals surface area contributed by atoms with Gasteiger partial charge in [-0.3, -0.25) is 4.90 Å². The second-order valence-corrected chi connectivity index (χ2v) is 4.39. The number of nitrogens with zero attached hydrogens (tertiary/aromatic N) is 1. The summed E-state index contributed by atoms with van der Waals surface area (Å²) in [5.74, 6) is -0.864. The molecule has 0 heterocycles. The molecular formula is C13H27NO3. The monoisotopic (exact) mass is 245 g/mol. The molecule has 0 aromatic rings. The van der Waals surface area contributed by atoms with Crippen molar-refractivity contribution < 1.29 is 14.6 Å². The lowest BCUT2D eigenvalue weighted by Crippen LogP contribution is -2.43. The van der Waals surface area contributed by atoms with E-state index in [1.807, 2.05) is 6.92 Å². The van der Waals surface area contributed by atoms with E-state index in [2.05, 4.69) is 25.7 Å². The van der Waals surface area contributed by atoms with Crippen LogP contribution in [0.15, 0.2) is 0 Å². The van der Waals surface area contributed by atoms with Gasteiger partial charge in [0.2, 0.25) is 0 Å². The maximum Gasteiger partial charge on any atom is 0.334 e. The van der Waals surface area contributed by atoms with E-state index in [9.17, 15) is 4.79 Å². The SMILES string of the molecule is CCCCN(CC(OCC)C(=O)O)C(C)CC.